The third-order valence-corrected chi connectivity index (χ3v) is 5.55. The summed E-state index contributed by atoms with van der Waals surface area (Å²) in [7, 11) is 0. The van der Waals surface area contributed by atoms with E-state index in [0.29, 0.717) is 6.54 Å². The molecule has 8 nitrogen and oxygen atoms in total. The number of aromatic nitrogens is 3. The molecule has 172 valence electrons. The number of benzene rings is 1. The molecule has 1 aliphatic heterocycles. The highest BCUT2D eigenvalue weighted by molar-refractivity contribution is 14.0. The molecule has 4 rings (SSSR count). The number of aromatic amines is 1. The number of piperidine rings is 1. The minimum absolute atomic E-state index is 0. The molecule has 0 aliphatic carbocycles. The molecule has 1 unspecified atom stereocenters. The Bertz CT molecular complexity index is 937. The number of guanidine groups is 1. The van der Waals surface area contributed by atoms with E-state index in [9.17, 15) is 0 Å². The van der Waals surface area contributed by atoms with Crippen molar-refractivity contribution in [3.8, 4) is 11.4 Å². The Kier molecular flexibility index (Phi) is 9.54. The Hall–Kier alpha value is -2.40. The zero-order chi connectivity index (χ0) is 21.3. The van der Waals surface area contributed by atoms with Gasteiger partial charge in [0.25, 0.3) is 0 Å². The van der Waals surface area contributed by atoms with Gasteiger partial charge in [-0.2, -0.15) is 5.10 Å². The molecule has 3 heterocycles. The van der Waals surface area contributed by atoms with E-state index in [1.165, 1.54) is 25.6 Å². The minimum atomic E-state index is 0. The lowest BCUT2D eigenvalue weighted by Crippen LogP contribution is -2.44. The van der Waals surface area contributed by atoms with E-state index in [1.807, 2.05) is 18.2 Å². The molecule has 1 saturated heterocycles. The van der Waals surface area contributed by atoms with Crippen molar-refractivity contribution < 1.29 is 4.42 Å². The topological polar surface area (TPSA) is 94.4 Å². The summed E-state index contributed by atoms with van der Waals surface area (Å²) in [5.74, 6) is 2.57. The summed E-state index contributed by atoms with van der Waals surface area (Å²) in [4.78, 5) is 11.5. The first-order valence-corrected chi connectivity index (χ1v) is 11.1. The molecule has 0 saturated carbocycles. The third-order valence-electron chi connectivity index (χ3n) is 5.55. The van der Waals surface area contributed by atoms with Gasteiger partial charge in [0.05, 0.1) is 18.8 Å². The molecule has 1 fully saturated rings. The number of hydrogen-bond acceptors (Lipinski definition) is 5. The molecule has 0 radical (unpaired) electrons. The van der Waals surface area contributed by atoms with Gasteiger partial charge < -0.3 is 15.1 Å². The maximum absolute atomic E-state index is 5.76. The van der Waals surface area contributed by atoms with Crippen LogP contribution in [0.3, 0.4) is 0 Å². The summed E-state index contributed by atoms with van der Waals surface area (Å²) < 4.78 is 5.76. The van der Waals surface area contributed by atoms with Gasteiger partial charge in [-0.05, 0) is 56.6 Å². The second-order valence-corrected chi connectivity index (χ2v) is 7.74. The Morgan fingerprint density at radius 3 is 2.78 bits per heavy atom. The predicted octanol–water partition coefficient (Wildman–Crippen LogP) is 3.97. The van der Waals surface area contributed by atoms with E-state index in [1.54, 1.807) is 6.26 Å². The van der Waals surface area contributed by atoms with Gasteiger partial charge in [-0.1, -0.05) is 24.6 Å². The maximum Gasteiger partial charge on any atom is 0.191 e. The van der Waals surface area contributed by atoms with Crippen LogP contribution < -0.4 is 10.6 Å². The standard InChI is InChI=1S/C23H31N7O.HI/c1-2-24-23(25-15-18-8-6-9-19(14-18)22-27-17-28-29-22)26-16-20(21-10-7-13-31-21)30-11-4-3-5-12-30;/h6-10,13-14,17,20H,2-5,11-12,15-16H2,1H3,(H2,24,25,26)(H,27,28,29);1H. The first-order chi connectivity index (χ1) is 15.3. The molecule has 3 aromatic rings. The summed E-state index contributed by atoms with van der Waals surface area (Å²) in [6, 6.07) is 12.4. The molecule has 0 bridgehead atoms. The number of halogens is 1. The molecule has 1 aliphatic rings. The molecular weight excluding hydrogens is 517 g/mol. The van der Waals surface area contributed by atoms with Crippen LogP contribution in [-0.2, 0) is 6.54 Å². The first-order valence-electron chi connectivity index (χ1n) is 11.1. The summed E-state index contributed by atoms with van der Waals surface area (Å²) in [6.45, 7) is 6.42. The fourth-order valence-corrected chi connectivity index (χ4v) is 3.99. The highest BCUT2D eigenvalue weighted by Crippen LogP contribution is 2.24. The van der Waals surface area contributed by atoms with Crippen LogP contribution in [0.2, 0.25) is 0 Å². The van der Waals surface area contributed by atoms with Gasteiger partial charge in [-0.3, -0.25) is 10.00 Å². The molecule has 9 heteroatoms. The molecular formula is C23H32IN7O. The van der Waals surface area contributed by atoms with Crippen molar-refractivity contribution in [3.05, 3.63) is 60.3 Å². The quantitative estimate of drug-likeness (QED) is 0.224. The van der Waals surface area contributed by atoms with Crippen molar-refractivity contribution in [3.63, 3.8) is 0 Å². The van der Waals surface area contributed by atoms with Gasteiger partial charge in [-0.25, -0.2) is 9.98 Å². The van der Waals surface area contributed by atoms with Gasteiger partial charge in [0.15, 0.2) is 11.8 Å². The zero-order valence-electron chi connectivity index (χ0n) is 18.5. The predicted molar refractivity (Wildman–Crippen MR) is 137 cm³/mol. The Morgan fingerprint density at radius 1 is 1.19 bits per heavy atom. The van der Waals surface area contributed by atoms with Crippen LogP contribution in [-0.4, -0.2) is 52.2 Å². The second kappa shape index (κ2) is 12.6. The van der Waals surface area contributed by atoms with Crippen LogP contribution in [0.1, 0.15) is 43.6 Å². The van der Waals surface area contributed by atoms with Crippen LogP contribution in [0.5, 0.6) is 0 Å². The van der Waals surface area contributed by atoms with Crippen molar-refractivity contribution in [2.75, 3.05) is 26.2 Å². The lowest BCUT2D eigenvalue weighted by molar-refractivity contribution is 0.146. The molecule has 32 heavy (non-hydrogen) atoms. The van der Waals surface area contributed by atoms with Crippen molar-refractivity contribution in [1.29, 1.82) is 0 Å². The average molecular weight is 549 g/mol. The Labute approximate surface area is 206 Å². The SMILES string of the molecule is CCNC(=NCc1cccc(-c2ncn[nH]2)c1)NCC(c1ccco1)N1CCCCC1.I. The van der Waals surface area contributed by atoms with E-state index in [4.69, 9.17) is 9.41 Å². The Morgan fingerprint density at radius 2 is 2.06 bits per heavy atom. The van der Waals surface area contributed by atoms with Crippen LogP contribution in [0, 0.1) is 0 Å². The number of nitrogens with zero attached hydrogens (tertiary/aromatic N) is 4. The highest BCUT2D eigenvalue weighted by atomic mass is 127. The second-order valence-electron chi connectivity index (χ2n) is 7.74. The molecule has 1 atom stereocenters. The number of nitrogens with one attached hydrogen (secondary N) is 3. The number of rotatable bonds is 8. The molecule has 0 spiro atoms. The van der Waals surface area contributed by atoms with Gasteiger partial charge in [0.2, 0.25) is 0 Å². The van der Waals surface area contributed by atoms with Gasteiger partial charge in [-0.15, -0.1) is 24.0 Å². The van der Waals surface area contributed by atoms with Gasteiger partial charge in [0.1, 0.15) is 12.1 Å². The van der Waals surface area contributed by atoms with Gasteiger partial charge in [0, 0.05) is 18.7 Å². The summed E-state index contributed by atoms with van der Waals surface area (Å²) >= 11 is 0. The van der Waals surface area contributed by atoms with E-state index >= 15 is 0 Å². The van der Waals surface area contributed by atoms with Gasteiger partial charge >= 0.3 is 0 Å². The monoisotopic (exact) mass is 549 g/mol. The number of H-pyrrole nitrogens is 1. The zero-order valence-corrected chi connectivity index (χ0v) is 20.8. The van der Waals surface area contributed by atoms with E-state index < -0.39 is 0 Å². The molecule has 2 aromatic heterocycles. The number of likely N-dealkylation sites (tertiary alicyclic amines) is 1. The summed E-state index contributed by atoms with van der Waals surface area (Å²) in [5, 5.41) is 13.7. The lowest BCUT2D eigenvalue weighted by atomic mass is 10.1. The van der Waals surface area contributed by atoms with E-state index in [2.05, 4.69) is 55.8 Å². The summed E-state index contributed by atoms with van der Waals surface area (Å²) in [6.07, 6.45) is 7.07. The summed E-state index contributed by atoms with van der Waals surface area (Å²) in [5.41, 5.74) is 2.12. The third kappa shape index (κ3) is 6.55. The maximum atomic E-state index is 5.76. The fourth-order valence-electron chi connectivity index (χ4n) is 3.99. The lowest BCUT2D eigenvalue weighted by Gasteiger charge is -2.33. The largest absolute Gasteiger partial charge is 0.468 e. The fraction of sp³-hybridized carbons (Fsp3) is 0.435. The van der Waals surface area contributed by atoms with Crippen molar-refractivity contribution in [2.24, 2.45) is 4.99 Å². The van der Waals surface area contributed by atoms with Crippen LogP contribution in [0.15, 0.2) is 58.4 Å². The van der Waals surface area contributed by atoms with Crippen LogP contribution in [0.25, 0.3) is 11.4 Å². The molecule has 3 N–H and O–H groups in total. The molecule has 1 aromatic carbocycles. The van der Waals surface area contributed by atoms with E-state index in [-0.39, 0.29) is 30.0 Å². The van der Waals surface area contributed by atoms with Crippen molar-refractivity contribution >= 4 is 29.9 Å². The Balaban J connectivity index is 0.00000289. The van der Waals surface area contributed by atoms with Crippen molar-refractivity contribution in [2.45, 2.75) is 38.8 Å². The molecule has 0 amide bonds. The normalized spacial score (nSPS) is 15.7. The average Bonchev–Trinajstić information content (AvgIpc) is 3.53. The van der Waals surface area contributed by atoms with E-state index in [0.717, 1.165) is 54.9 Å². The minimum Gasteiger partial charge on any atom is -0.468 e. The number of furan rings is 1. The first kappa shape index (κ1) is 24.2. The smallest absolute Gasteiger partial charge is 0.191 e. The van der Waals surface area contributed by atoms with Crippen LogP contribution >= 0.6 is 24.0 Å². The van der Waals surface area contributed by atoms with Crippen LogP contribution in [0.4, 0.5) is 0 Å². The van der Waals surface area contributed by atoms with Crippen molar-refractivity contribution in [1.82, 2.24) is 30.7 Å². The highest BCUT2D eigenvalue weighted by Gasteiger charge is 2.24. The number of aliphatic imine (C=N–C) groups is 1. The number of hydrogen-bond donors (Lipinski definition) is 3.